The summed E-state index contributed by atoms with van der Waals surface area (Å²) in [6.45, 7) is 14.8. The molecule has 0 atom stereocenters. The summed E-state index contributed by atoms with van der Waals surface area (Å²) in [6, 6.07) is 0. The maximum Gasteiger partial charge on any atom is 0.224 e. The number of likely N-dealkylation sites (tertiary alicyclic amines) is 1. The van der Waals surface area contributed by atoms with Crippen LogP contribution in [0.3, 0.4) is 0 Å². The third-order valence-corrected chi connectivity index (χ3v) is 3.65. The van der Waals surface area contributed by atoms with E-state index in [0.29, 0.717) is 5.92 Å². The van der Waals surface area contributed by atoms with Crippen LogP contribution < -0.4 is 0 Å². The Hall–Kier alpha value is -0.570. The highest BCUT2D eigenvalue weighted by atomic mass is 16.2. The van der Waals surface area contributed by atoms with E-state index < -0.39 is 0 Å². The lowest BCUT2D eigenvalue weighted by atomic mass is 9.96. The molecule has 1 saturated heterocycles. The Bertz CT molecular complexity index is 233. The van der Waals surface area contributed by atoms with E-state index in [1.807, 2.05) is 39.6 Å². The highest BCUT2D eigenvalue weighted by molar-refractivity contribution is 5.77. The van der Waals surface area contributed by atoms with Crippen LogP contribution in [-0.4, -0.2) is 48.9 Å². The van der Waals surface area contributed by atoms with Gasteiger partial charge in [-0.15, -0.1) is 0 Å². The molecule has 0 unspecified atom stereocenters. The fourth-order valence-electron chi connectivity index (χ4n) is 2.63. The van der Waals surface area contributed by atoms with E-state index in [0.717, 1.165) is 6.54 Å². The van der Waals surface area contributed by atoms with Crippen molar-refractivity contribution in [1.82, 2.24) is 9.80 Å². The van der Waals surface area contributed by atoms with E-state index in [1.54, 1.807) is 0 Å². The second-order valence-electron chi connectivity index (χ2n) is 5.66. The lowest BCUT2D eigenvalue weighted by Gasteiger charge is -2.34. The number of amides is 1. The maximum absolute atomic E-state index is 11.8. The molecule has 3 heteroatoms. The normalized spacial score (nSPS) is 17.0. The van der Waals surface area contributed by atoms with Crippen molar-refractivity contribution in [1.29, 1.82) is 0 Å². The van der Waals surface area contributed by atoms with Gasteiger partial charge in [0, 0.05) is 19.5 Å². The van der Waals surface area contributed by atoms with Crippen molar-refractivity contribution >= 4 is 5.91 Å². The molecule has 1 aliphatic rings. The zero-order chi connectivity index (χ0) is 14.8. The molecule has 0 aliphatic carbocycles. The van der Waals surface area contributed by atoms with Crippen molar-refractivity contribution in [2.45, 2.75) is 53.9 Å². The largest absolute Gasteiger partial charge is 0.345 e. The Labute approximate surface area is 120 Å². The Kier molecular flexibility index (Phi) is 9.94. The third-order valence-electron chi connectivity index (χ3n) is 3.65. The molecule has 0 aromatic carbocycles. The quantitative estimate of drug-likeness (QED) is 0.765. The first-order valence-corrected chi connectivity index (χ1v) is 8.02. The van der Waals surface area contributed by atoms with Gasteiger partial charge < -0.3 is 9.80 Å². The second-order valence-corrected chi connectivity index (χ2v) is 5.66. The van der Waals surface area contributed by atoms with E-state index >= 15 is 0 Å². The van der Waals surface area contributed by atoms with Gasteiger partial charge in [0.2, 0.25) is 5.91 Å². The monoisotopic (exact) mass is 270 g/mol. The van der Waals surface area contributed by atoms with Crippen molar-refractivity contribution in [3.63, 3.8) is 0 Å². The van der Waals surface area contributed by atoms with Crippen molar-refractivity contribution in [3.05, 3.63) is 0 Å². The molecule has 0 bridgehead atoms. The van der Waals surface area contributed by atoms with Crippen LogP contribution >= 0.6 is 0 Å². The van der Waals surface area contributed by atoms with Gasteiger partial charge in [-0.05, 0) is 44.8 Å². The highest BCUT2D eigenvalue weighted by Gasteiger charge is 2.22. The van der Waals surface area contributed by atoms with Crippen LogP contribution in [0.1, 0.15) is 53.9 Å². The van der Waals surface area contributed by atoms with Gasteiger partial charge in [-0.3, -0.25) is 4.79 Å². The van der Waals surface area contributed by atoms with E-state index in [1.165, 1.54) is 38.9 Å². The molecular formula is C16H34N2O. The number of nitrogens with zero attached hydrogens (tertiary/aromatic N) is 2. The Balaban J connectivity index is 0.00000154. The number of carbonyl (C=O) groups is 1. The van der Waals surface area contributed by atoms with Gasteiger partial charge in [0.15, 0.2) is 0 Å². The van der Waals surface area contributed by atoms with Gasteiger partial charge in [0.1, 0.15) is 0 Å². The summed E-state index contributed by atoms with van der Waals surface area (Å²) in [7, 11) is 1.95. The molecule has 1 aliphatic heterocycles. The summed E-state index contributed by atoms with van der Waals surface area (Å²) >= 11 is 0. The minimum Gasteiger partial charge on any atom is -0.345 e. The van der Waals surface area contributed by atoms with Crippen LogP contribution in [-0.2, 0) is 4.79 Å². The summed E-state index contributed by atoms with van der Waals surface area (Å²) in [4.78, 5) is 16.3. The van der Waals surface area contributed by atoms with Gasteiger partial charge in [0.25, 0.3) is 0 Å². The van der Waals surface area contributed by atoms with E-state index in [4.69, 9.17) is 0 Å². The predicted octanol–water partition coefficient (Wildman–Crippen LogP) is 3.25. The molecule has 0 saturated carbocycles. The molecule has 0 spiro atoms. The number of hydrogen-bond acceptors (Lipinski definition) is 2. The van der Waals surface area contributed by atoms with Crippen LogP contribution in [0.25, 0.3) is 0 Å². The molecule has 0 aromatic rings. The molecule has 1 amide bonds. The minimum atomic E-state index is 0.125. The van der Waals surface area contributed by atoms with Crippen molar-refractivity contribution < 1.29 is 4.79 Å². The number of carbonyl (C=O) groups excluding carboxylic acids is 1. The fourth-order valence-corrected chi connectivity index (χ4v) is 2.63. The molecule has 0 radical (unpaired) electrons. The van der Waals surface area contributed by atoms with Crippen molar-refractivity contribution in [2.75, 3.05) is 33.2 Å². The third kappa shape index (κ3) is 6.95. The van der Waals surface area contributed by atoms with Crippen LogP contribution in [0, 0.1) is 11.8 Å². The summed E-state index contributed by atoms with van der Waals surface area (Å²) < 4.78 is 0. The Morgan fingerprint density at radius 1 is 1.26 bits per heavy atom. The summed E-state index contributed by atoms with van der Waals surface area (Å²) in [5, 5.41) is 0. The molecule has 19 heavy (non-hydrogen) atoms. The van der Waals surface area contributed by atoms with Crippen molar-refractivity contribution in [2.24, 2.45) is 11.8 Å². The molecular weight excluding hydrogens is 236 g/mol. The Morgan fingerprint density at radius 3 is 2.21 bits per heavy atom. The maximum atomic E-state index is 11.8. The Morgan fingerprint density at radius 2 is 1.79 bits per heavy atom. The van der Waals surface area contributed by atoms with Gasteiger partial charge in [-0.2, -0.15) is 0 Å². The summed E-state index contributed by atoms with van der Waals surface area (Å²) in [5.74, 6) is 1.11. The summed E-state index contributed by atoms with van der Waals surface area (Å²) in [5.41, 5.74) is 0. The van der Waals surface area contributed by atoms with E-state index in [9.17, 15) is 4.79 Å². The minimum absolute atomic E-state index is 0.125. The highest BCUT2D eigenvalue weighted by Crippen LogP contribution is 2.18. The molecule has 1 rings (SSSR count). The molecule has 1 heterocycles. The van der Waals surface area contributed by atoms with Crippen LogP contribution in [0.15, 0.2) is 0 Å². The average Bonchev–Trinajstić information content (AvgIpc) is 2.42. The second kappa shape index (κ2) is 10.2. The SMILES string of the molecule is CC.CCCN1CCC(CN(C)C(=O)C(C)C)CC1. The lowest BCUT2D eigenvalue weighted by molar-refractivity contribution is -0.133. The van der Waals surface area contributed by atoms with E-state index in [-0.39, 0.29) is 11.8 Å². The number of piperidine rings is 1. The zero-order valence-corrected chi connectivity index (χ0v) is 13.9. The topological polar surface area (TPSA) is 23.6 Å². The van der Waals surface area contributed by atoms with Gasteiger partial charge in [-0.1, -0.05) is 34.6 Å². The van der Waals surface area contributed by atoms with Crippen LogP contribution in [0.4, 0.5) is 0 Å². The van der Waals surface area contributed by atoms with Gasteiger partial charge in [-0.25, -0.2) is 0 Å². The van der Waals surface area contributed by atoms with Crippen molar-refractivity contribution in [3.8, 4) is 0 Å². The molecule has 0 aromatic heterocycles. The molecule has 0 N–H and O–H groups in total. The lowest BCUT2D eigenvalue weighted by Crippen LogP contribution is -2.40. The first kappa shape index (κ1) is 18.4. The first-order valence-electron chi connectivity index (χ1n) is 8.02. The molecule has 1 fully saturated rings. The zero-order valence-electron chi connectivity index (χ0n) is 13.9. The average molecular weight is 270 g/mol. The fraction of sp³-hybridized carbons (Fsp3) is 0.938. The van der Waals surface area contributed by atoms with Gasteiger partial charge >= 0.3 is 0 Å². The van der Waals surface area contributed by atoms with Crippen LogP contribution in [0.5, 0.6) is 0 Å². The summed E-state index contributed by atoms with van der Waals surface area (Å²) in [6.07, 6.45) is 3.74. The molecule has 3 nitrogen and oxygen atoms in total. The molecule has 114 valence electrons. The predicted molar refractivity (Wildman–Crippen MR) is 83.3 cm³/mol. The van der Waals surface area contributed by atoms with E-state index in [2.05, 4.69) is 11.8 Å². The first-order chi connectivity index (χ1) is 9.04. The smallest absolute Gasteiger partial charge is 0.224 e. The number of hydrogen-bond donors (Lipinski definition) is 0. The van der Waals surface area contributed by atoms with Gasteiger partial charge in [0.05, 0.1) is 0 Å². The standard InChI is InChI=1S/C14H28N2O.C2H6/c1-5-8-16-9-6-13(7-10-16)11-15(4)14(17)12(2)3;1-2/h12-13H,5-11H2,1-4H3;1-2H3. The number of rotatable bonds is 5. The van der Waals surface area contributed by atoms with Crippen LogP contribution in [0.2, 0.25) is 0 Å².